The minimum atomic E-state index is 0.0211. The standard InChI is InChI=1S/C11H14N2O2/c1-15-9-3-2-7(4-5-12)8-6-10(14)13-11(8)9/h2-3H,4-6,12H2,1H3,(H,13,14). The van der Waals surface area contributed by atoms with Crippen molar-refractivity contribution in [3.8, 4) is 5.75 Å². The summed E-state index contributed by atoms with van der Waals surface area (Å²) in [5, 5.41) is 2.81. The van der Waals surface area contributed by atoms with E-state index < -0.39 is 0 Å². The van der Waals surface area contributed by atoms with Crippen LogP contribution in [-0.4, -0.2) is 19.6 Å². The first-order valence-electron chi connectivity index (χ1n) is 4.95. The lowest BCUT2D eigenvalue weighted by Crippen LogP contribution is -2.05. The molecule has 3 N–H and O–H groups in total. The van der Waals surface area contributed by atoms with Crippen LogP contribution >= 0.6 is 0 Å². The summed E-state index contributed by atoms with van der Waals surface area (Å²) < 4.78 is 5.19. The monoisotopic (exact) mass is 206 g/mol. The van der Waals surface area contributed by atoms with E-state index in [4.69, 9.17) is 10.5 Å². The smallest absolute Gasteiger partial charge is 0.228 e. The van der Waals surface area contributed by atoms with Crippen LogP contribution in [0.2, 0.25) is 0 Å². The lowest BCUT2D eigenvalue weighted by Gasteiger charge is -2.10. The summed E-state index contributed by atoms with van der Waals surface area (Å²) in [6, 6.07) is 3.85. The van der Waals surface area contributed by atoms with Gasteiger partial charge in [-0.3, -0.25) is 4.79 Å². The molecule has 0 unspecified atom stereocenters. The van der Waals surface area contributed by atoms with E-state index >= 15 is 0 Å². The van der Waals surface area contributed by atoms with Gasteiger partial charge >= 0.3 is 0 Å². The summed E-state index contributed by atoms with van der Waals surface area (Å²) >= 11 is 0. The summed E-state index contributed by atoms with van der Waals surface area (Å²) in [5.41, 5.74) is 8.50. The highest BCUT2D eigenvalue weighted by Gasteiger charge is 2.23. The van der Waals surface area contributed by atoms with Crippen LogP contribution in [0.1, 0.15) is 11.1 Å². The normalized spacial score (nSPS) is 13.6. The van der Waals surface area contributed by atoms with Crippen molar-refractivity contribution < 1.29 is 9.53 Å². The molecule has 0 saturated carbocycles. The first kappa shape index (κ1) is 9.98. The van der Waals surface area contributed by atoms with Crippen LogP contribution in [-0.2, 0) is 17.6 Å². The quantitative estimate of drug-likeness (QED) is 0.764. The molecule has 2 rings (SSSR count). The Morgan fingerprint density at radius 1 is 1.53 bits per heavy atom. The first-order chi connectivity index (χ1) is 7.26. The zero-order chi connectivity index (χ0) is 10.8. The van der Waals surface area contributed by atoms with Crippen LogP contribution in [0, 0.1) is 0 Å². The van der Waals surface area contributed by atoms with Crippen molar-refractivity contribution in [2.24, 2.45) is 5.73 Å². The molecule has 4 nitrogen and oxygen atoms in total. The van der Waals surface area contributed by atoms with Crippen molar-refractivity contribution in [2.45, 2.75) is 12.8 Å². The van der Waals surface area contributed by atoms with E-state index in [9.17, 15) is 4.79 Å². The van der Waals surface area contributed by atoms with E-state index in [0.29, 0.717) is 13.0 Å². The van der Waals surface area contributed by atoms with Gasteiger partial charge in [0, 0.05) is 0 Å². The SMILES string of the molecule is COc1ccc(CCN)c2c1NC(=O)C2. The molecule has 0 radical (unpaired) electrons. The van der Waals surface area contributed by atoms with Crippen LogP contribution in [0.25, 0.3) is 0 Å². The van der Waals surface area contributed by atoms with Gasteiger partial charge in [-0.2, -0.15) is 0 Å². The third-order valence-electron chi connectivity index (χ3n) is 2.61. The Labute approximate surface area is 88.4 Å². The van der Waals surface area contributed by atoms with Gasteiger partial charge in [-0.25, -0.2) is 0 Å². The van der Waals surface area contributed by atoms with Crippen molar-refractivity contribution in [2.75, 3.05) is 19.0 Å². The first-order valence-corrected chi connectivity index (χ1v) is 4.95. The summed E-state index contributed by atoms with van der Waals surface area (Å²) in [6.45, 7) is 0.590. The Kier molecular flexibility index (Phi) is 2.60. The second-order valence-corrected chi connectivity index (χ2v) is 3.54. The maximum atomic E-state index is 11.3. The highest BCUT2D eigenvalue weighted by molar-refractivity contribution is 6.01. The molecule has 1 aliphatic heterocycles. The molecule has 0 saturated heterocycles. The number of rotatable bonds is 3. The zero-order valence-electron chi connectivity index (χ0n) is 8.67. The Morgan fingerprint density at radius 3 is 3.00 bits per heavy atom. The van der Waals surface area contributed by atoms with Gasteiger partial charge in [-0.05, 0) is 30.2 Å². The molecular weight excluding hydrogens is 192 g/mol. The van der Waals surface area contributed by atoms with Gasteiger partial charge in [0.15, 0.2) is 0 Å². The summed E-state index contributed by atoms with van der Waals surface area (Å²) in [6.07, 6.45) is 1.23. The number of carbonyl (C=O) groups excluding carboxylic acids is 1. The van der Waals surface area contributed by atoms with E-state index in [1.165, 1.54) is 0 Å². The molecule has 1 amide bonds. The third-order valence-corrected chi connectivity index (χ3v) is 2.61. The van der Waals surface area contributed by atoms with E-state index in [2.05, 4.69) is 5.32 Å². The summed E-state index contributed by atoms with van der Waals surface area (Å²) in [4.78, 5) is 11.3. The number of hydrogen-bond acceptors (Lipinski definition) is 3. The topological polar surface area (TPSA) is 64.3 Å². The third kappa shape index (κ3) is 1.68. The number of benzene rings is 1. The highest BCUT2D eigenvalue weighted by atomic mass is 16.5. The van der Waals surface area contributed by atoms with Gasteiger partial charge in [-0.1, -0.05) is 6.07 Å². The van der Waals surface area contributed by atoms with E-state index in [1.807, 2.05) is 12.1 Å². The highest BCUT2D eigenvalue weighted by Crippen LogP contribution is 2.35. The van der Waals surface area contributed by atoms with Crippen LogP contribution in [0.15, 0.2) is 12.1 Å². The molecule has 15 heavy (non-hydrogen) atoms. The molecule has 0 atom stereocenters. The molecule has 4 heteroatoms. The largest absolute Gasteiger partial charge is 0.495 e. The van der Waals surface area contributed by atoms with E-state index in [-0.39, 0.29) is 5.91 Å². The second kappa shape index (κ2) is 3.90. The second-order valence-electron chi connectivity index (χ2n) is 3.54. The van der Waals surface area contributed by atoms with Crippen molar-refractivity contribution in [3.63, 3.8) is 0 Å². The molecule has 1 aromatic carbocycles. The van der Waals surface area contributed by atoms with E-state index in [0.717, 1.165) is 29.0 Å². The van der Waals surface area contributed by atoms with E-state index in [1.54, 1.807) is 7.11 Å². The van der Waals surface area contributed by atoms with Crippen molar-refractivity contribution in [1.82, 2.24) is 0 Å². The Morgan fingerprint density at radius 2 is 2.33 bits per heavy atom. The fraction of sp³-hybridized carbons (Fsp3) is 0.364. The molecule has 0 fully saturated rings. The predicted molar refractivity (Wildman–Crippen MR) is 58.1 cm³/mol. The van der Waals surface area contributed by atoms with Crippen molar-refractivity contribution in [1.29, 1.82) is 0 Å². The number of carbonyl (C=O) groups is 1. The average molecular weight is 206 g/mol. The molecule has 1 aromatic rings. The van der Waals surface area contributed by atoms with Gasteiger partial charge in [-0.15, -0.1) is 0 Å². The summed E-state index contributed by atoms with van der Waals surface area (Å²) in [5.74, 6) is 0.740. The molecule has 0 aromatic heterocycles. The van der Waals surface area contributed by atoms with Crippen LogP contribution < -0.4 is 15.8 Å². The predicted octanol–water partition coefficient (Wildman–Crippen LogP) is 0.691. The Bertz CT molecular complexity index is 402. The molecule has 1 heterocycles. The molecule has 0 aliphatic carbocycles. The number of nitrogens with one attached hydrogen (secondary N) is 1. The van der Waals surface area contributed by atoms with Gasteiger partial charge in [0.25, 0.3) is 0 Å². The van der Waals surface area contributed by atoms with Gasteiger partial charge in [0.2, 0.25) is 5.91 Å². The Hall–Kier alpha value is -1.55. The number of hydrogen-bond donors (Lipinski definition) is 2. The molecular formula is C11H14N2O2. The number of methoxy groups -OCH3 is 1. The van der Waals surface area contributed by atoms with Crippen LogP contribution in [0.3, 0.4) is 0 Å². The van der Waals surface area contributed by atoms with Crippen molar-refractivity contribution >= 4 is 11.6 Å². The number of amides is 1. The fourth-order valence-electron chi connectivity index (χ4n) is 1.91. The molecule has 80 valence electrons. The minimum absolute atomic E-state index is 0.0211. The van der Waals surface area contributed by atoms with Crippen LogP contribution in [0.5, 0.6) is 5.75 Å². The molecule has 0 spiro atoms. The van der Waals surface area contributed by atoms with Gasteiger partial charge in [0.05, 0.1) is 19.2 Å². The molecule has 1 aliphatic rings. The van der Waals surface area contributed by atoms with Crippen molar-refractivity contribution in [3.05, 3.63) is 23.3 Å². The number of nitrogens with two attached hydrogens (primary N) is 1. The Balaban J connectivity index is 2.47. The van der Waals surface area contributed by atoms with Gasteiger partial charge in [0.1, 0.15) is 5.75 Å². The number of fused-ring (bicyclic) bond motifs is 1. The zero-order valence-corrected chi connectivity index (χ0v) is 8.67. The lowest BCUT2D eigenvalue weighted by molar-refractivity contribution is -0.115. The lowest BCUT2D eigenvalue weighted by atomic mass is 10.0. The molecule has 0 bridgehead atoms. The number of anilines is 1. The maximum absolute atomic E-state index is 11.3. The minimum Gasteiger partial charge on any atom is -0.495 e. The van der Waals surface area contributed by atoms with Gasteiger partial charge < -0.3 is 15.8 Å². The fourth-order valence-corrected chi connectivity index (χ4v) is 1.91. The average Bonchev–Trinajstić information content (AvgIpc) is 2.61. The number of ether oxygens (including phenoxy) is 1. The summed E-state index contributed by atoms with van der Waals surface area (Å²) in [7, 11) is 1.60. The van der Waals surface area contributed by atoms with Crippen LogP contribution in [0.4, 0.5) is 5.69 Å². The maximum Gasteiger partial charge on any atom is 0.228 e.